The Kier molecular flexibility index (Phi) is 6.91. The van der Waals surface area contributed by atoms with E-state index in [0.717, 1.165) is 5.56 Å². The van der Waals surface area contributed by atoms with Gasteiger partial charge in [-0.15, -0.1) is 0 Å². The van der Waals surface area contributed by atoms with Crippen molar-refractivity contribution in [2.45, 2.75) is 26.8 Å². The zero-order chi connectivity index (χ0) is 24.9. The third kappa shape index (κ3) is 5.22. The van der Waals surface area contributed by atoms with E-state index in [4.69, 9.17) is 4.74 Å². The van der Waals surface area contributed by atoms with Crippen LogP contribution in [0, 0.1) is 6.92 Å². The van der Waals surface area contributed by atoms with Gasteiger partial charge in [-0.05, 0) is 43.3 Å². The first kappa shape index (κ1) is 23.7. The summed E-state index contributed by atoms with van der Waals surface area (Å²) in [6, 6.07) is 19.6. The van der Waals surface area contributed by atoms with Crippen molar-refractivity contribution in [1.82, 2.24) is 9.55 Å². The number of fused-ring (bicyclic) bond motifs is 1. The number of rotatable bonds is 7. The van der Waals surface area contributed by atoms with Crippen LogP contribution in [0.5, 0.6) is 5.75 Å². The zero-order valence-electron chi connectivity index (χ0n) is 19.8. The second-order valence-electron chi connectivity index (χ2n) is 8.07. The molecule has 2 N–H and O–H groups in total. The minimum absolute atomic E-state index is 0.160. The molecular formula is C27H26N4O4. The predicted molar refractivity (Wildman–Crippen MR) is 137 cm³/mol. The van der Waals surface area contributed by atoms with Gasteiger partial charge in [0.1, 0.15) is 18.0 Å². The standard InChI is InChI=1S/C27H26N4O4/c1-4-24(32)29-21-13-12-17(2)14-20(21)26-27(34)31(23-11-6-5-10-22(23)30-26)16-25(33)28-18-8-7-9-19(15-18)35-3/h5-15H,4,16H2,1-3H3,(H,28,33)(H,29,32). The number of hydrogen-bond acceptors (Lipinski definition) is 5. The molecule has 0 aliphatic carbocycles. The molecule has 35 heavy (non-hydrogen) atoms. The molecule has 4 rings (SSSR count). The molecule has 0 aliphatic heterocycles. The quantitative estimate of drug-likeness (QED) is 0.418. The lowest BCUT2D eigenvalue weighted by Gasteiger charge is -2.15. The Labute approximate surface area is 202 Å². The van der Waals surface area contributed by atoms with Crippen LogP contribution in [0.2, 0.25) is 0 Å². The van der Waals surface area contributed by atoms with Crippen LogP contribution in [-0.2, 0) is 16.1 Å². The van der Waals surface area contributed by atoms with Gasteiger partial charge in [-0.3, -0.25) is 19.0 Å². The Hall–Kier alpha value is -4.46. The number of nitrogens with zero attached hydrogens (tertiary/aromatic N) is 2. The van der Waals surface area contributed by atoms with E-state index >= 15 is 0 Å². The number of anilines is 2. The van der Waals surface area contributed by atoms with Crippen molar-refractivity contribution in [3.63, 3.8) is 0 Å². The van der Waals surface area contributed by atoms with E-state index in [1.807, 2.05) is 25.1 Å². The summed E-state index contributed by atoms with van der Waals surface area (Å²) in [6.07, 6.45) is 0.299. The second kappa shape index (κ2) is 10.2. The van der Waals surface area contributed by atoms with Gasteiger partial charge in [0.05, 0.1) is 23.8 Å². The molecule has 178 valence electrons. The van der Waals surface area contributed by atoms with E-state index in [-0.39, 0.29) is 24.1 Å². The largest absolute Gasteiger partial charge is 0.497 e. The Morgan fingerprint density at radius 2 is 1.77 bits per heavy atom. The van der Waals surface area contributed by atoms with Crippen LogP contribution in [0.3, 0.4) is 0 Å². The molecule has 0 saturated carbocycles. The van der Waals surface area contributed by atoms with Crippen molar-refractivity contribution in [1.29, 1.82) is 0 Å². The molecule has 8 nitrogen and oxygen atoms in total. The summed E-state index contributed by atoms with van der Waals surface area (Å²) in [5, 5.41) is 5.66. The molecule has 0 aliphatic rings. The highest BCUT2D eigenvalue weighted by molar-refractivity contribution is 5.96. The highest BCUT2D eigenvalue weighted by Gasteiger charge is 2.18. The number of benzene rings is 3. The first-order valence-corrected chi connectivity index (χ1v) is 11.2. The maximum absolute atomic E-state index is 13.7. The summed E-state index contributed by atoms with van der Waals surface area (Å²) in [5.41, 5.74) is 3.30. The number of aryl methyl sites for hydroxylation is 1. The third-order valence-corrected chi connectivity index (χ3v) is 5.53. The van der Waals surface area contributed by atoms with Gasteiger partial charge in [-0.25, -0.2) is 4.98 Å². The number of carbonyl (C=O) groups excluding carboxylic acids is 2. The summed E-state index contributed by atoms with van der Waals surface area (Å²) in [7, 11) is 1.55. The minimum atomic E-state index is -0.429. The van der Waals surface area contributed by atoms with Crippen LogP contribution < -0.4 is 20.9 Å². The summed E-state index contributed by atoms with van der Waals surface area (Å²) in [4.78, 5) is 43.3. The third-order valence-electron chi connectivity index (χ3n) is 5.53. The molecule has 0 spiro atoms. The zero-order valence-corrected chi connectivity index (χ0v) is 19.8. The van der Waals surface area contributed by atoms with Crippen molar-refractivity contribution >= 4 is 34.2 Å². The Morgan fingerprint density at radius 1 is 0.971 bits per heavy atom. The van der Waals surface area contributed by atoms with E-state index in [2.05, 4.69) is 15.6 Å². The summed E-state index contributed by atoms with van der Waals surface area (Å²) in [6.45, 7) is 3.44. The molecule has 0 radical (unpaired) electrons. The number of ether oxygens (including phenoxy) is 1. The lowest BCUT2D eigenvalue weighted by atomic mass is 10.1. The number of hydrogen-bond donors (Lipinski definition) is 2. The summed E-state index contributed by atoms with van der Waals surface area (Å²) >= 11 is 0. The summed E-state index contributed by atoms with van der Waals surface area (Å²) < 4.78 is 6.61. The van der Waals surface area contributed by atoms with Gasteiger partial charge in [0.15, 0.2) is 0 Å². The maximum Gasteiger partial charge on any atom is 0.278 e. The van der Waals surface area contributed by atoms with Gasteiger partial charge in [0, 0.05) is 23.7 Å². The Morgan fingerprint density at radius 3 is 2.54 bits per heavy atom. The van der Waals surface area contributed by atoms with Crippen molar-refractivity contribution in [2.75, 3.05) is 17.7 Å². The molecule has 0 atom stereocenters. The number of carbonyl (C=O) groups is 2. The van der Waals surface area contributed by atoms with Gasteiger partial charge in [-0.1, -0.05) is 36.8 Å². The average molecular weight is 471 g/mol. The van der Waals surface area contributed by atoms with E-state index < -0.39 is 5.56 Å². The summed E-state index contributed by atoms with van der Waals surface area (Å²) in [5.74, 6) is 0.0676. The van der Waals surface area contributed by atoms with Crippen molar-refractivity contribution < 1.29 is 14.3 Å². The Balaban J connectivity index is 1.79. The molecule has 0 unspecified atom stereocenters. The molecule has 0 fully saturated rings. The fourth-order valence-electron chi connectivity index (χ4n) is 3.77. The molecule has 1 aromatic heterocycles. The van der Waals surface area contributed by atoms with E-state index in [0.29, 0.717) is 40.1 Å². The number of amides is 2. The molecule has 0 saturated heterocycles. The molecule has 1 heterocycles. The van der Waals surface area contributed by atoms with Crippen molar-refractivity contribution in [3.8, 4) is 17.0 Å². The van der Waals surface area contributed by atoms with Crippen LogP contribution in [0.25, 0.3) is 22.3 Å². The molecular weight excluding hydrogens is 444 g/mol. The first-order chi connectivity index (χ1) is 16.9. The van der Waals surface area contributed by atoms with Gasteiger partial charge < -0.3 is 15.4 Å². The first-order valence-electron chi connectivity index (χ1n) is 11.2. The van der Waals surface area contributed by atoms with Crippen LogP contribution in [-0.4, -0.2) is 28.5 Å². The SMILES string of the molecule is CCC(=O)Nc1ccc(C)cc1-c1nc2ccccc2n(CC(=O)Nc2cccc(OC)c2)c1=O. The highest BCUT2D eigenvalue weighted by atomic mass is 16.5. The van der Waals surface area contributed by atoms with Gasteiger partial charge in [-0.2, -0.15) is 0 Å². The lowest BCUT2D eigenvalue weighted by molar-refractivity contribution is -0.117. The lowest BCUT2D eigenvalue weighted by Crippen LogP contribution is -2.30. The average Bonchev–Trinajstić information content (AvgIpc) is 2.86. The van der Waals surface area contributed by atoms with E-state index in [9.17, 15) is 14.4 Å². The van der Waals surface area contributed by atoms with E-state index in [1.54, 1.807) is 62.6 Å². The predicted octanol–water partition coefficient (Wildman–Crippen LogP) is 4.37. The smallest absolute Gasteiger partial charge is 0.278 e. The van der Waals surface area contributed by atoms with Crippen LogP contribution in [0.1, 0.15) is 18.9 Å². The number of methoxy groups -OCH3 is 1. The Bertz CT molecular complexity index is 1480. The van der Waals surface area contributed by atoms with Crippen molar-refractivity contribution in [3.05, 3.63) is 82.6 Å². The fourth-order valence-corrected chi connectivity index (χ4v) is 3.77. The van der Waals surface area contributed by atoms with E-state index in [1.165, 1.54) is 4.57 Å². The topological polar surface area (TPSA) is 102 Å². The number of aromatic nitrogens is 2. The second-order valence-corrected chi connectivity index (χ2v) is 8.07. The molecule has 3 aromatic carbocycles. The van der Waals surface area contributed by atoms with Crippen molar-refractivity contribution in [2.24, 2.45) is 0 Å². The maximum atomic E-state index is 13.7. The molecule has 0 bridgehead atoms. The highest BCUT2D eigenvalue weighted by Crippen LogP contribution is 2.27. The minimum Gasteiger partial charge on any atom is -0.497 e. The molecule has 4 aromatic rings. The fraction of sp³-hybridized carbons (Fsp3) is 0.185. The van der Waals surface area contributed by atoms with Gasteiger partial charge in [0.2, 0.25) is 11.8 Å². The molecule has 2 amide bonds. The number of para-hydroxylation sites is 2. The van der Waals surface area contributed by atoms with Crippen LogP contribution >= 0.6 is 0 Å². The van der Waals surface area contributed by atoms with Gasteiger partial charge in [0.25, 0.3) is 5.56 Å². The molecule has 8 heteroatoms. The van der Waals surface area contributed by atoms with Crippen LogP contribution in [0.15, 0.2) is 71.5 Å². The van der Waals surface area contributed by atoms with Crippen LogP contribution in [0.4, 0.5) is 11.4 Å². The monoisotopic (exact) mass is 470 g/mol. The number of nitrogens with one attached hydrogen (secondary N) is 2. The van der Waals surface area contributed by atoms with Gasteiger partial charge >= 0.3 is 0 Å². The normalized spacial score (nSPS) is 10.7.